The molecule has 4 N–H and O–H groups in total. The van der Waals surface area contributed by atoms with Crippen molar-refractivity contribution in [3.05, 3.63) is 48.0 Å². The summed E-state index contributed by atoms with van der Waals surface area (Å²) in [6, 6.07) is 10.3. The Morgan fingerprint density at radius 1 is 0.913 bits per heavy atom. The number of anilines is 2. The minimum absolute atomic E-state index is 0.0756. The summed E-state index contributed by atoms with van der Waals surface area (Å²) in [6.07, 6.45) is -4.35. The third kappa shape index (κ3) is 3.16. The maximum absolute atomic E-state index is 12.6. The van der Waals surface area contributed by atoms with Crippen LogP contribution >= 0.6 is 11.8 Å². The van der Waals surface area contributed by atoms with Gasteiger partial charge in [-0.1, -0.05) is 17.8 Å². The van der Waals surface area contributed by atoms with Crippen molar-refractivity contribution in [3.63, 3.8) is 0 Å². The van der Waals surface area contributed by atoms with Crippen LogP contribution < -0.4 is 11.5 Å². The van der Waals surface area contributed by atoms with E-state index >= 15 is 0 Å². The molecule has 2 aromatic carbocycles. The SMILES string of the molecule is Nc1nc(N)c2c(Sc3ccc(C(F)(F)F)cc3)cccc2n1. The maximum Gasteiger partial charge on any atom is 0.416 e. The first-order chi connectivity index (χ1) is 10.8. The van der Waals surface area contributed by atoms with Crippen LogP contribution in [0.1, 0.15) is 5.56 Å². The van der Waals surface area contributed by atoms with Gasteiger partial charge in [-0.05, 0) is 36.4 Å². The molecule has 118 valence electrons. The highest BCUT2D eigenvalue weighted by molar-refractivity contribution is 7.99. The molecule has 0 radical (unpaired) electrons. The minimum Gasteiger partial charge on any atom is -0.383 e. The van der Waals surface area contributed by atoms with Crippen LogP contribution in [0.5, 0.6) is 0 Å². The minimum atomic E-state index is -4.35. The van der Waals surface area contributed by atoms with E-state index in [0.29, 0.717) is 15.8 Å². The molecule has 0 unspecified atom stereocenters. The van der Waals surface area contributed by atoms with E-state index in [1.54, 1.807) is 18.2 Å². The predicted octanol–water partition coefficient (Wildman–Crippen LogP) is 3.96. The first-order valence-electron chi connectivity index (χ1n) is 6.51. The number of benzene rings is 2. The maximum atomic E-state index is 12.6. The number of hydrogen-bond acceptors (Lipinski definition) is 5. The first kappa shape index (κ1) is 15.4. The summed E-state index contributed by atoms with van der Waals surface area (Å²) in [5, 5.41) is 0.631. The lowest BCUT2D eigenvalue weighted by molar-refractivity contribution is -0.137. The highest BCUT2D eigenvalue weighted by Gasteiger charge is 2.29. The first-order valence-corrected chi connectivity index (χ1v) is 7.33. The molecule has 0 spiro atoms. The quantitative estimate of drug-likeness (QED) is 0.740. The standard InChI is InChI=1S/C15H11F3N4S/c16-15(17,18)8-4-6-9(7-5-8)23-11-3-1-2-10-12(11)13(19)22-14(20)21-10/h1-7H,(H4,19,20,21,22). The Morgan fingerprint density at radius 3 is 2.26 bits per heavy atom. The number of nitrogen functional groups attached to an aromatic ring is 2. The number of fused-ring (bicyclic) bond motifs is 1. The Balaban J connectivity index is 1.99. The van der Waals surface area contributed by atoms with Crippen LogP contribution in [0.4, 0.5) is 24.9 Å². The lowest BCUT2D eigenvalue weighted by Crippen LogP contribution is -2.03. The zero-order chi connectivity index (χ0) is 16.6. The van der Waals surface area contributed by atoms with Crippen molar-refractivity contribution in [2.24, 2.45) is 0 Å². The van der Waals surface area contributed by atoms with Crippen LogP contribution in [0.15, 0.2) is 52.3 Å². The van der Waals surface area contributed by atoms with Crippen molar-refractivity contribution in [1.82, 2.24) is 9.97 Å². The van der Waals surface area contributed by atoms with Gasteiger partial charge in [0.1, 0.15) is 5.82 Å². The van der Waals surface area contributed by atoms with Crippen LogP contribution in [0.2, 0.25) is 0 Å². The third-order valence-corrected chi connectivity index (χ3v) is 4.21. The number of alkyl halides is 3. The van der Waals surface area contributed by atoms with Crippen LogP contribution in [-0.4, -0.2) is 9.97 Å². The molecule has 1 heterocycles. The number of rotatable bonds is 2. The lowest BCUT2D eigenvalue weighted by atomic mass is 10.2. The molecule has 0 aliphatic rings. The molecule has 1 aromatic heterocycles. The van der Waals surface area contributed by atoms with E-state index in [1.165, 1.54) is 23.9 Å². The van der Waals surface area contributed by atoms with Crippen molar-refractivity contribution in [1.29, 1.82) is 0 Å². The van der Waals surface area contributed by atoms with Crippen LogP contribution in [0.25, 0.3) is 10.9 Å². The Kier molecular flexibility index (Phi) is 3.77. The predicted molar refractivity (Wildman–Crippen MR) is 83.9 cm³/mol. The molecule has 23 heavy (non-hydrogen) atoms. The molecular weight excluding hydrogens is 325 g/mol. The Hall–Kier alpha value is -2.48. The van der Waals surface area contributed by atoms with E-state index in [4.69, 9.17) is 11.5 Å². The zero-order valence-electron chi connectivity index (χ0n) is 11.6. The summed E-state index contributed by atoms with van der Waals surface area (Å²) in [5.74, 6) is 0.314. The molecule has 0 atom stereocenters. The Morgan fingerprint density at radius 2 is 1.61 bits per heavy atom. The number of aromatic nitrogens is 2. The van der Waals surface area contributed by atoms with Crippen LogP contribution in [-0.2, 0) is 6.18 Å². The molecule has 0 bridgehead atoms. The van der Waals surface area contributed by atoms with Gasteiger partial charge >= 0.3 is 6.18 Å². The molecule has 3 aromatic rings. The summed E-state index contributed by atoms with van der Waals surface area (Å²) < 4.78 is 37.8. The summed E-state index contributed by atoms with van der Waals surface area (Å²) in [6.45, 7) is 0. The van der Waals surface area contributed by atoms with Crippen molar-refractivity contribution in [3.8, 4) is 0 Å². The number of nitrogens with two attached hydrogens (primary N) is 2. The monoisotopic (exact) mass is 336 g/mol. The summed E-state index contributed by atoms with van der Waals surface area (Å²) >= 11 is 1.29. The molecular formula is C15H11F3N4S. The topological polar surface area (TPSA) is 77.8 Å². The highest BCUT2D eigenvalue weighted by atomic mass is 32.2. The number of halogens is 3. The second kappa shape index (κ2) is 5.62. The highest BCUT2D eigenvalue weighted by Crippen LogP contribution is 2.37. The van der Waals surface area contributed by atoms with E-state index in [9.17, 15) is 13.2 Å². The van der Waals surface area contributed by atoms with Gasteiger partial charge in [0.15, 0.2) is 0 Å². The average molecular weight is 336 g/mol. The second-order valence-electron chi connectivity index (χ2n) is 4.74. The van der Waals surface area contributed by atoms with Crippen molar-refractivity contribution in [2.75, 3.05) is 11.5 Å². The fourth-order valence-corrected chi connectivity index (χ4v) is 3.11. The molecule has 0 saturated carbocycles. The van der Waals surface area contributed by atoms with Crippen molar-refractivity contribution >= 4 is 34.4 Å². The van der Waals surface area contributed by atoms with E-state index in [-0.39, 0.29) is 11.8 Å². The van der Waals surface area contributed by atoms with Crippen LogP contribution in [0, 0.1) is 0 Å². The summed E-state index contributed by atoms with van der Waals surface area (Å²) in [7, 11) is 0. The Bertz CT molecular complexity index is 863. The van der Waals surface area contributed by atoms with Gasteiger partial charge < -0.3 is 11.5 Å². The van der Waals surface area contributed by atoms with E-state index in [0.717, 1.165) is 17.0 Å². The second-order valence-corrected chi connectivity index (χ2v) is 5.86. The van der Waals surface area contributed by atoms with Gasteiger partial charge in [0.25, 0.3) is 0 Å². The molecule has 0 fully saturated rings. The van der Waals surface area contributed by atoms with Gasteiger partial charge in [-0.25, -0.2) is 4.98 Å². The molecule has 0 aliphatic heterocycles. The lowest BCUT2D eigenvalue weighted by Gasteiger charge is -2.10. The van der Waals surface area contributed by atoms with Gasteiger partial charge in [0, 0.05) is 9.79 Å². The fraction of sp³-hybridized carbons (Fsp3) is 0.0667. The molecule has 4 nitrogen and oxygen atoms in total. The van der Waals surface area contributed by atoms with E-state index in [2.05, 4.69) is 9.97 Å². The van der Waals surface area contributed by atoms with Gasteiger partial charge in [-0.3, -0.25) is 0 Å². The van der Waals surface area contributed by atoms with Crippen LogP contribution in [0.3, 0.4) is 0 Å². The zero-order valence-corrected chi connectivity index (χ0v) is 12.4. The van der Waals surface area contributed by atoms with E-state index in [1.807, 2.05) is 0 Å². The Labute approximate surface area is 133 Å². The molecule has 3 rings (SSSR count). The van der Waals surface area contributed by atoms with Gasteiger partial charge in [0.05, 0.1) is 16.5 Å². The van der Waals surface area contributed by atoms with Gasteiger partial charge in [0.2, 0.25) is 5.95 Å². The third-order valence-electron chi connectivity index (χ3n) is 3.14. The molecule has 8 heteroatoms. The smallest absolute Gasteiger partial charge is 0.383 e. The normalized spacial score (nSPS) is 11.8. The molecule has 0 saturated heterocycles. The summed E-state index contributed by atoms with van der Waals surface area (Å²) in [5.41, 5.74) is 11.4. The average Bonchev–Trinajstić information content (AvgIpc) is 2.46. The van der Waals surface area contributed by atoms with Crippen molar-refractivity contribution in [2.45, 2.75) is 16.0 Å². The molecule has 0 amide bonds. The number of hydrogen-bond donors (Lipinski definition) is 2. The molecule has 0 aliphatic carbocycles. The van der Waals surface area contributed by atoms with Gasteiger partial charge in [-0.2, -0.15) is 18.2 Å². The largest absolute Gasteiger partial charge is 0.416 e. The fourth-order valence-electron chi connectivity index (χ4n) is 2.12. The van der Waals surface area contributed by atoms with E-state index < -0.39 is 11.7 Å². The van der Waals surface area contributed by atoms with Crippen molar-refractivity contribution < 1.29 is 13.2 Å². The summed E-state index contributed by atoms with van der Waals surface area (Å²) in [4.78, 5) is 9.45. The van der Waals surface area contributed by atoms with Gasteiger partial charge in [-0.15, -0.1) is 0 Å². The number of nitrogens with zero attached hydrogens (tertiary/aromatic N) is 2.